The van der Waals surface area contributed by atoms with Gasteiger partial charge in [-0.25, -0.2) is 9.37 Å². The Morgan fingerprint density at radius 3 is 2.54 bits per heavy atom. The zero-order chi connectivity index (χ0) is 28.9. The normalized spacial score (nSPS) is 14.5. The number of aryl methyl sites for hydroxylation is 2. The molecular weight excluding hydrogens is 547 g/mol. The number of ether oxygens (including phenoxy) is 2. The Labute approximate surface area is 242 Å². The monoisotopic (exact) mass is 578 g/mol. The van der Waals surface area contributed by atoms with E-state index in [1.54, 1.807) is 19.3 Å². The van der Waals surface area contributed by atoms with Crippen molar-refractivity contribution in [3.05, 3.63) is 77.0 Å². The minimum atomic E-state index is -1.02. The molecule has 1 aromatic heterocycles. The molecule has 2 aliphatic heterocycles. The standard InChI is InChI=1S/C16H12ClN3O2.C15H20FNO2/c1-20-8-13(19-16(20)14(21)15(18)22)11-3-2-10-7-12(17)5-4-9(10)6-11;16-13-10-12(4-3-7-17-5-1-2-6-17)11-14-15(13)19-9-8-18-14/h2-8H,1H3,(H2,18,22);10-11H,1-9H2. The van der Waals surface area contributed by atoms with Crippen LogP contribution in [-0.4, -0.2) is 59.0 Å². The summed E-state index contributed by atoms with van der Waals surface area (Å²) in [7, 11) is 1.65. The van der Waals surface area contributed by atoms with Gasteiger partial charge in [0.25, 0.3) is 11.7 Å². The zero-order valence-corrected chi connectivity index (χ0v) is 23.6. The second kappa shape index (κ2) is 12.7. The fourth-order valence-corrected chi connectivity index (χ4v) is 5.30. The van der Waals surface area contributed by atoms with Crippen LogP contribution < -0.4 is 15.2 Å². The highest BCUT2D eigenvalue weighted by Crippen LogP contribution is 2.34. The van der Waals surface area contributed by atoms with E-state index in [-0.39, 0.29) is 17.4 Å². The van der Waals surface area contributed by atoms with E-state index < -0.39 is 11.7 Å². The molecule has 0 radical (unpaired) electrons. The van der Waals surface area contributed by atoms with Gasteiger partial charge in [-0.3, -0.25) is 9.59 Å². The number of aromatic nitrogens is 2. The minimum Gasteiger partial charge on any atom is -0.486 e. The molecule has 0 atom stereocenters. The Morgan fingerprint density at radius 1 is 1.02 bits per heavy atom. The molecule has 41 heavy (non-hydrogen) atoms. The Bertz CT molecular complexity index is 1580. The lowest BCUT2D eigenvalue weighted by Gasteiger charge is -2.20. The molecule has 6 rings (SSSR count). The maximum absolute atomic E-state index is 13.8. The highest BCUT2D eigenvalue weighted by molar-refractivity contribution is 6.41. The average molecular weight is 579 g/mol. The first-order chi connectivity index (χ1) is 19.8. The predicted octanol–water partition coefficient (Wildman–Crippen LogP) is 5.19. The van der Waals surface area contributed by atoms with Gasteiger partial charge >= 0.3 is 0 Å². The molecule has 8 nitrogen and oxygen atoms in total. The van der Waals surface area contributed by atoms with Crippen molar-refractivity contribution >= 4 is 34.1 Å². The molecule has 1 fully saturated rings. The molecule has 1 saturated heterocycles. The van der Waals surface area contributed by atoms with Crippen molar-refractivity contribution in [1.29, 1.82) is 0 Å². The molecule has 0 unspecified atom stereocenters. The van der Waals surface area contributed by atoms with Crippen LogP contribution in [0.2, 0.25) is 5.02 Å². The second-order valence-corrected chi connectivity index (χ2v) is 10.7. The first-order valence-corrected chi connectivity index (χ1v) is 14.0. The molecule has 3 heterocycles. The summed E-state index contributed by atoms with van der Waals surface area (Å²) in [6.07, 6.45) is 6.29. The number of rotatable bonds is 7. The molecule has 0 aliphatic carbocycles. The van der Waals surface area contributed by atoms with Crippen LogP contribution >= 0.6 is 11.6 Å². The smallest absolute Gasteiger partial charge is 0.293 e. The zero-order valence-electron chi connectivity index (χ0n) is 22.9. The van der Waals surface area contributed by atoms with Crippen molar-refractivity contribution < 1.29 is 23.5 Å². The molecule has 0 spiro atoms. The summed E-state index contributed by atoms with van der Waals surface area (Å²) in [4.78, 5) is 29.4. The number of carbonyl (C=O) groups excluding carboxylic acids is 2. The van der Waals surface area contributed by atoms with Crippen LogP contribution in [0.25, 0.3) is 22.0 Å². The van der Waals surface area contributed by atoms with Crippen molar-refractivity contribution in [3.63, 3.8) is 0 Å². The van der Waals surface area contributed by atoms with Gasteiger partial charge in [-0.2, -0.15) is 0 Å². The van der Waals surface area contributed by atoms with Gasteiger partial charge in [0.2, 0.25) is 0 Å². The van der Waals surface area contributed by atoms with Crippen LogP contribution in [0.15, 0.2) is 54.7 Å². The minimum absolute atomic E-state index is 0.0266. The van der Waals surface area contributed by atoms with E-state index in [1.807, 2.05) is 42.5 Å². The van der Waals surface area contributed by atoms with E-state index in [9.17, 15) is 14.0 Å². The summed E-state index contributed by atoms with van der Waals surface area (Å²) < 4.78 is 26.1. The molecular formula is C31H32ClFN4O4. The number of fused-ring (bicyclic) bond motifs is 2. The quantitative estimate of drug-likeness (QED) is 0.239. The number of imidazole rings is 1. The summed E-state index contributed by atoms with van der Waals surface area (Å²) >= 11 is 5.97. The van der Waals surface area contributed by atoms with Gasteiger partial charge in [0, 0.05) is 23.8 Å². The van der Waals surface area contributed by atoms with Gasteiger partial charge in [-0.15, -0.1) is 0 Å². The maximum atomic E-state index is 13.8. The van der Waals surface area contributed by atoms with Crippen molar-refractivity contribution in [2.75, 3.05) is 32.8 Å². The Kier molecular flexibility index (Phi) is 8.85. The fraction of sp³-hybridized carbons (Fsp3) is 0.323. The summed E-state index contributed by atoms with van der Waals surface area (Å²) in [5.74, 6) is -1.27. The third-order valence-electron chi connectivity index (χ3n) is 7.20. The molecule has 2 aliphatic rings. The van der Waals surface area contributed by atoms with Gasteiger partial charge in [-0.1, -0.05) is 29.8 Å². The van der Waals surface area contributed by atoms with E-state index in [1.165, 1.54) is 30.5 Å². The molecule has 4 aromatic rings. The van der Waals surface area contributed by atoms with Gasteiger partial charge in [0.1, 0.15) is 13.2 Å². The van der Waals surface area contributed by atoms with E-state index in [2.05, 4.69) is 9.88 Å². The number of likely N-dealkylation sites (tertiary alicyclic amines) is 1. The van der Waals surface area contributed by atoms with Crippen LogP contribution in [-0.2, 0) is 18.3 Å². The number of halogens is 2. The molecule has 214 valence electrons. The third kappa shape index (κ3) is 6.86. The topological polar surface area (TPSA) is 99.7 Å². The number of Topliss-reactive ketones (excluding diaryl/α,β-unsaturated/α-hetero) is 1. The van der Waals surface area contributed by atoms with E-state index >= 15 is 0 Å². The average Bonchev–Trinajstić information content (AvgIpc) is 3.62. The number of amides is 1. The first kappa shape index (κ1) is 28.6. The lowest BCUT2D eigenvalue weighted by atomic mass is 10.1. The molecule has 1 amide bonds. The Hall–Kier alpha value is -3.95. The SMILES string of the molecule is Cn1cc(-c2ccc3cc(Cl)ccc3c2)nc1C(=O)C(N)=O.Fc1cc(CCCN2CCCC2)cc2c1OCCO2. The number of primary amides is 1. The fourth-order valence-electron chi connectivity index (χ4n) is 5.12. The largest absolute Gasteiger partial charge is 0.486 e. The van der Waals surface area contributed by atoms with Gasteiger partial charge in [0.15, 0.2) is 23.1 Å². The Balaban J connectivity index is 0.000000166. The molecule has 0 saturated carbocycles. The number of hydrogen-bond acceptors (Lipinski definition) is 6. The first-order valence-electron chi connectivity index (χ1n) is 13.7. The molecule has 3 aromatic carbocycles. The maximum Gasteiger partial charge on any atom is 0.293 e. The highest BCUT2D eigenvalue weighted by atomic mass is 35.5. The molecule has 2 N–H and O–H groups in total. The predicted molar refractivity (Wildman–Crippen MR) is 156 cm³/mol. The number of ketones is 1. The number of carbonyl (C=O) groups is 2. The number of hydrogen-bond donors (Lipinski definition) is 1. The van der Waals surface area contributed by atoms with Crippen LogP contribution in [0.4, 0.5) is 4.39 Å². The van der Waals surface area contributed by atoms with Crippen LogP contribution in [0, 0.1) is 5.82 Å². The van der Waals surface area contributed by atoms with Crippen molar-refractivity contribution in [2.45, 2.75) is 25.7 Å². The number of nitrogens with two attached hydrogens (primary N) is 1. The molecule has 10 heteroatoms. The summed E-state index contributed by atoms with van der Waals surface area (Å²) in [6.45, 7) is 4.48. The van der Waals surface area contributed by atoms with Crippen molar-refractivity contribution in [3.8, 4) is 22.8 Å². The van der Waals surface area contributed by atoms with E-state index in [0.717, 1.165) is 41.3 Å². The van der Waals surface area contributed by atoms with Crippen LogP contribution in [0.3, 0.4) is 0 Å². The van der Waals surface area contributed by atoms with Crippen LogP contribution in [0.1, 0.15) is 35.4 Å². The van der Waals surface area contributed by atoms with E-state index in [4.69, 9.17) is 26.8 Å². The molecule has 0 bridgehead atoms. The van der Waals surface area contributed by atoms with E-state index in [0.29, 0.717) is 29.7 Å². The van der Waals surface area contributed by atoms with Gasteiger partial charge in [0.05, 0.1) is 5.69 Å². The van der Waals surface area contributed by atoms with Crippen LogP contribution in [0.5, 0.6) is 11.5 Å². The Morgan fingerprint density at radius 2 is 1.76 bits per heavy atom. The lowest BCUT2D eigenvalue weighted by Crippen LogP contribution is -2.25. The van der Waals surface area contributed by atoms with Crippen molar-refractivity contribution in [1.82, 2.24) is 14.5 Å². The number of nitrogens with zero attached hydrogens (tertiary/aromatic N) is 3. The summed E-state index contributed by atoms with van der Waals surface area (Å²) in [5, 5.41) is 2.70. The summed E-state index contributed by atoms with van der Waals surface area (Å²) in [6, 6.07) is 14.9. The van der Waals surface area contributed by atoms with Crippen molar-refractivity contribution in [2.24, 2.45) is 12.8 Å². The number of benzene rings is 3. The second-order valence-electron chi connectivity index (χ2n) is 10.2. The summed E-state index contributed by atoms with van der Waals surface area (Å²) in [5.41, 5.74) is 7.46. The lowest BCUT2D eigenvalue weighted by molar-refractivity contribution is -0.114. The van der Waals surface area contributed by atoms with Gasteiger partial charge in [-0.05, 0) is 92.0 Å². The van der Waals surface area contributed by atoms with Gasteiger partial charge < -0.3 is 24.7 Å². The highest BCUT2D eigenvalue weighted by Gasteiger charge is 2.20. The third-order valence-corrected chi connectivity index (χ3v) is 7.43.